The van der Waals surface area contributed by atoms with E-state index in [1.165, 1.54) is 11.1 Å². The van der Waals surface area contributed by atoms with Crippen LogP contribution in [0.25, 0.3) is 0 Å². The third-order valence-corrected chi connectivity index (χ3v) is 3.16. The predicted octanol–water partition coefficient (Wildman–Crippen LogP) is 2.01. The van der Waals surface area contributed by atoms with Crippen LogP contribution in [0.2, 0.25) is 0 Å². The quantitative estimate of drug-likeness (QED) is 0.600. The van der Waals surface area contributed by atoms with Crippen molar-refractivity contribution in [2.75, 3.05) is 5.73 Å². The number of nitrogens with one attached hydrogen (secondary N) is 1. The molecule has 0 aliphatic carbocycles. The highest BCUT2D eigenvalue weighted by Crippen LogP contribution is 2.20. The Bertz CT molecular complexity index is 478. The molecule has 0 radical (unpaired) electrons. The largest absolute Gasteiger partial charge is 0.459 e. The Morgan fingerprint density at radius 2 is 2.11 bits per heavy atom. The first kappa shape index (κ1) is 13.9. The zero-order chi connectivity index (χ0) is 14.0. The summed E-state index contributed by atoms with van der Waals surface area (Å²) < 4.78 is 5.43. The summed E-state index contributed by atoms with van der Waals surface area (Å²) in [5, 5.41) is 3.26. The Balaban J connectivity index is 2.05. The first-order valence-corrected chi connectivity index (χ1v) is 6.69. The fourth-order valence-electron chi connectivity index (χ4n) is 2.26. The summed E-state index contributed by atoms with van der Waals surface area (Å²) in [5.74, 6) is -0.173. The van der Waals surface area contributed by atoms with Gasteiger partial charge in [-0.1, -0.05) is 6.07 Å². The van der Waals surface area contributed by atoms with Gasteiger partial charge in [0.05, 0.1) is 0 Å². The van der Waals surface area contributed by atoms with Crippen molar-refractivity contribution in [3.8, 4) is 0 Å². The van der Waals surface area contributed by atoms with E-state index in [4.69, 9.17) is 10.5 Å². The summed E-state index contributed by atoms with van der Waals surface area (Å²) in [7, 11) is 0. The third kappa shape index (κ3) is 3.70. The van der Waals surface area contributed by atoms with Gasteiger partial charge in [-0.2, -0.15) is 0 Å². The Kier molecular flexibility index (Phi) is 3.80. The van der Waals surface area contributed by atoms with Crippen LogP contribution in [0, 0.1) is 0 Å². The number of nitrogen functional groups attached to an aromatic ring is 1. The van der Waals surface area contributed by atoms with Crippen LogP contribution in [0.4, 0.5) is 5.69 Å². The van der Waals surface area contributed by atoms with Gasteiger partial charge < -0.3 is 15.8 Å². The highest BCUT2D eigenvalue weighted by molar-refractivity contribution is 5.76. The van der Waals surface area contributed by atoms with E-state index in [0.29, 0.717) is 6.54 Å². The lowest BCUT2D eigenvalue weighted by Crippen LogP contribution is -2.40. The van der Waals surface area contributed by atoms with Crippen LogP contribution >= 0.6 is 0 Å². The van der Waals surface area contributed by atoms with Crippen molar-refractivity contribution in [3.05, 3.63) is 29.3 Å². The number of ether oxygens (including phenoxy) is 1. The van der Waals surface area contributed by atoms with Crippen molar-refractivity contribution in [2.24, 2.45) is 0 Å². The second-order valence-corrected chi connectivity index (χ2v) is 6.03. The summed E-state index contributed by atoms with van der Waals surface area (Å²) in [5.41, 5.74) is 8.56. The van der Waals surface area contributed by atoms with Crippen molar-refractivity contribution in [1.29, 1.82) is 0 Å². The minimum Gasteiger partial charge on any atom is -0.459 e. The van der Waals surface area contributed by atoms with Gasteiger partial charge in [0.2, 0.25) is 0 Å². The van der Waals surface area contributed by atoms with Gasteiger partial charge in [-0.3, -0.25) is 4.79 Å². The van der Waals surface area contributed by atoms with Gasteiger partial charge in [-0.15, -0.1) is 0 Å². The van der Waals surface area contributed by atoms with Gasteiger partial charge in [0.15, 0.2) is 0 Å². The van der Waals surface area contributed by atoms with E-state index in [-0.39, 0.29) is 12.0 Å². The monoisotopic (exact) mass is 262 g/mol. The van der Waals surface area contributed by atoms with Crippen LogP contribution in [0.5, 0.6) is 0 Å². The van der Waals surface area contributed by atoms with E-state index in [1.54, 1.807) is 0 Å². The number of nitrogens with two attached hydrogens (primary N) is 1. The van der Waals surface area contributed by atoms with Gasteiger partial charge >= 0.3 is 5.97 Å². The fourth-order valence-corrected chi connectivity index (χ4v) is 2.26. The SMILES string of the molecule is CC(C)(C)OC(=O)C1CCc2cc(N)ccc2CN1. The molecular weight excluding hydrogens is 240 g/mol. The van der Waals surface area contributed by atoms with Crippen LogP contribution in [-0.2, 0) is 22.5 Å². The second kappa shape index (κ2) is 5.21. The molecule has 1 unspecified atom stereocenters. The number of carbonyl (C=O) groups is 1. The molecule has 0 spiro atoms. The third-order valence-electron chi connectivity index (χ3n) is 3.16. The van der Waals surface area contributed by atoms with Crippen molar-refractivity contribution in [2.45, 2.75) is 51.8 Å². The normalized spacial score (nSPS) is 19.4. The predicted molar refractivity (Wildman–Crippen MR) is 75.6 cm³/mol. The number of esters is 1. The molecule has 19 heavy (non-hydrogen) atoms. The zero-order valence-corrected chi connectivity index (χ0v) is 11.8. The molecule has 1 aliphatic heterocycles. The van der Waals surface area contributed by atoms with Crippen molar-refractivity contribution in [1.82, 2.24) is 5.32 Å². The number of benzene rings is 1. The smallest absolute Gasteiger partial charge is 0.323 e. The van der Waals surface area contributed by atoms with Gasteiger partial charge in [0.1, 0.15) is 11.6 Å². The number of anilines is 1. The molecule has 0 saturated carbocycles. The number of rotatable bonds is 1. The molecule has 0 aromatic heterocycles. The molecule has 4 heteroatoms. The zero-order valence-electron chi connectivity index (χ0n) is 11.8. The van der Waals surface area contributed by atoms with E-state index >= 15 is 0 Å². The van der Waals surface area contributed by atoms with Crippen molar-refractivity contribution in [3.63, 3.8) is 0 Å². The Morgan fingerprint density at radius 3 is 2.79 bits per heavy atom. The first-order chi connectivity index (χ1) is 8.85. The van der Waals surface area contributed by atoms with Gasteiger partial charge in [-0.05, 0) is 56.9 Å². The van der Waals surface area contributed by atoms with Crippen molar-refractivity contribution >= 4 is 11.7 Å². The van der Waals surface area contributed by atoms with E-state index < -0.39 is 5.60 Å². The van der Waals surface area contributed by atoms with Crippen LogP contribution in [-0.4, -0.2) is 17.6 Å². The minimum atomic E-state index is -0.442. The number of hydrogen-bond acceptors (Lipinski definition) is 4. The molecule has 0 bridgehead atoms. The molecule has 0 fully saturated rings. The standard InChI is InChI=1S/C15H22N2O2/c1-15(2,3)19-14(18)13-7-5-10-8-12(16)6-4-11(10)9-17-13/h4,6,8,13,17H,5,7,9,16H2,1-3H3. The summed E-state index contributed by atoms with van der Waals surface area (Å²) in [6.07, 6.45) is 1.59. The van der Waals surface area contributed by atoms with E-state index in [2.05, 4.69) is 5.32 Å². The highest BCUT2D eigenvalue weighted by atomic mass is 16.6. The van der Waals surface area contributed by atoms with Gasteiger partial charge in [0, 0.05) is 12.2 Å². The maximum Gasteiger partial charge on any atom is 0.323 e. The van der Waals surface area contributed by atoms with Crippen LogP contribution in [0.3, 0.4) is 0 Å². The molecule has 0 amide bonds. The molecule has 1 aromatic rings. The lowest BCUT2D eigenvalue weighted by molar-refractivity contribution is -0.157. The van der Waals surface area contributed by atoms with Crippen LogP contribution in [0.15, 0.2) is 18.2 Å². The molecule has 0 saturated heterocycles. The second-order valence-electron chi connectivity index (χ2n) is 6.03. The average molecular weight is 262 g/mol. The summed E-state index contributed by atoms with van der Waals surface area (Å²) in [4.78, 5) is 12.1. The topological polar surface area (TPSA) is 64.3 Å². The summed E-state index contributed by atoms with van der Waals surface area (Å²) in [6, 6.07) is 5.67. The lowest BCUT2D eigenvalue weighted by atomic mass is 10.0. The van der Waals surface area contributed by atoms with Crippen LogP contribution < -0.4 is 11.1 Å². The number of fused-ring (bicyclic) bond motifs is 1. The van der Waals surface area contributed by atoms with Gasteiger partial charge in [-0.25, -0.2) is 0 Å². The van der Waals surface area contributed by atoms with E-state index in [9.17, 15) is 4.79 Å². The Morgan fingerprint density at radius 1 is 1.37 bits per heavy atom. The molecule has 4 nitrogen and oxygen atoms in total. The minimum absolute atomic E-state index is 0.173. The summed E-state index contributed by atoms with van der Waals surface area (Å²) in [6.45, 7) is 6.34. The molecule has 104 valence electrons. The van der Waals surface area contributed by atoms with E-state index in [1.807, 2.05) is 39.0 Å². The Hall–Kier alpha value is -1.55. The molecule has 2 rings (SSSR count). The Labute approximate surface area is 114 Å². The molecule has 1 aliphatic rings. The molecular formula is C15H22N2O2. The highest BCUT2D eigenvalue weighted by Gasteiger charge is 2.26. The van der Waals surface area contributed by atoms with Crippen molar-refractivity contribution < 1.29 is 9.53 Å². The van der Waals surface area contributed by atoms with E-state index in [0.717, 1.165) is 18.5 Å². The maximum absolute atomic E-state index is 12.1. The average Bonchev–Trinajstić information content (AvgIpc) is 2.48. The first-order valence-electron chi connectivity index (χ1n) is 6.69. The molecule has 1 atom stereocenters. The fraction of sp³-hybridized carbons (Fsp3) is 0.533. The van der Waals surface area contributed by atoms with Crippen LogP contribution in [0.1, 0.15) is 38.3 Å². The molecule has 3 N–H and O–H groups in total. The van der Waals surface area contributed by atoms with Gasteiger partial charge in [0.25, 0.3) is 0 Å². The molecule has 1 aromatic carbocycles. The maximum atomic E-state index is 12.1. The number of hydrogen-bond donors (Lipinski definition) is 2. The number of carbonyl (C=O) groups excluding carboxylic acids is 1. The number of aryl methyl sites for hydroxylation is 1. The lowest BCUT2D eigenvalue weighted by Gasteiger charge is -2.23. The molecule has 1 heterocycles. The summed E-state index contributed by atoms with van der Waals surface area (Å²) >= 11 is 0.